The normalized spacial score (nSPS) is 10.5. The van der Waals surface area contributed by atoms with Crippen molar-refractivity contribution in [3.8, 4) is 5.75 Å². The zero-order valence-electron chi connectivity index (χ0n) is 10.9. The summed E-state index contributed by atoms with van der Waals surface area (Å²) in [4.78, 5) is 14.4. The fourth-order valence-electron chi connectivity index (χ4n) is 1.66. The molecule has 1 amide bonds. The first kappa shape index (κ1) is 15.7. The molecule has 1 rings (SSSR count). The van der Waals surface area contributed by atoms with Crippen LogP contribution in [0.5, 0.6) is 5.75 Å². The molecular weight excluding hydrogens is 284 g/mol. The summed E-state index contributed by atoms with van der Waals surface area (Å²) in [6.45, 7) is 4.19. The maximum Gasteiger partial charge on any atom is 0.257 e. The lowest BCUT2D eigenvalue weighted by molar-refractivity contribution is 0.0708. The molecule has 0 aliphatic carbocycles. The van der Waals surface area contributed by atoms with Gasteiger partial charge in [-0.15, -0.1) is 0 Å². The van der Waals surface area contributed by atoms with E-state index in [0.717, 1.165) is 0 Å². The van der Waals surface area contributed by atoms with Gasteiger partial charge in [0.05, 0.1) is 10.6 Å². The molecule has 0 spiro atoms. The van der Waals surface area contributed by atoms with Crippen LogP contribution in [-0.4, -0.2) is 33.5 Å². The Balaban J connectivity index is 2.99. The van der Waals surface area contributed by atoms with Gasteiger partial charge >= 0.3 is 0 Å². The number of phenolic OH excluding ortho intramolecular Hbond substituents is 1. The third-order valence-corrected chi connectivity index (χ3v) is 3.11. The molecule has 0 saturated heterocycles. The summed E-state index contributed by atoms with van der Waals surface area (Å²) in [5, 5.41) is 10.2. The molecule has 0 aliphatic rings. The number of rotatable bonds is 5. The number of nitrogens with zero attached hydrogens (tertiary/aromatic N) is 1. The second-order valence-electron chi connectivity index (χ2n) is 4.47. The molecule has 0 aliphatic heterocycles. The Morgan fingerprint density at radius 1 is 1.53 bits per heavy atom. The SMILES string of the molecule is CC(C)N(CCC(N)=S)C(=O)c1cc(Cl)ccc1O. The standard InChI is InChI=1S/C13H17ClN2O2S/c1-8(2)16(6-5-12(15)19)13(18)10-7-9(14)3-4-11(10)17/h3-4,7-8,17H,5-6H2,1-2H3,(H2,15,19). The molecule has 3 N–H and O–H groups in total. The highest BCUT2D eigenvalue weighted by molar-refractivity contribution is 7.80. The van der Waals surface area contributed by atoms with Gasteiger partial charge in [-0.05, 0) is 32.0 Å². The Hall–Kier alpha value is -1.33. The second kappa shape index (κ2) is 6.73. The Morgan fingerprint density at radius 2 is 2.16 bits per heavy atom. The predicted octanol–water partition coefficient (Wildman–Crippen LogP) is 2.57. The van der Waals surface area contributed by atoms with Crippen LogP contribution in [0.2, 0.25) is 5.02 Å². The van der Waals surface area contributed by atoms with E-state index in [1.54, 1.807) is 4.90 Å². The van der Waals surface area contributed by atoms with Gasteiger partial charge in [0.2, 0.25) is 0 Å². The van der Waals surface area contributed by atoms with Crippen molar-refractivity contribution in [3.63, 3.8) is 0 Å². The number of amides is 1. The Morgan fingerprint density at radius 3 is 2.68 bits per heavy atom. The smallest absolute Gasteiger partial charge is 0.257 e. The number of aromatic hydroxyl groups is 1. The molecule has 4 nitrogen and oxygen atoms in total. The first-order chi connectivity index (χ1) is 8.82. The number of hydrogen-bond donors (Lipinski definition) is 2. The molecule has 0 radical (unpaired) electrons. The van der Waals surface area contributed by atoms with Gasteiger partial charge in [-0.3, -0.25) is 4.79 Å². The van der Waals surface area contributed by atoms with Crippen LogP contribution < -0.4 is 5.73 Å². The average Bonchev–Trinajstić information content (AvgIpc) is 2.31. The molecule has 19 heavy (non-hydrogen) atoms. The van der Waals surface area contributed by atoms with Crippen LogP contribution in [0.15, 0.2) is 18.2 Å². The Bertz CT molecular complexity index is 492. The number of phenols is 1. The fourth-order valence-corrected chi connectivity index (χ4v) is 1.92. The highest BCUT2D eigenvalue weighted by atomic mass is 35.5. The van der Waals surface area contributed by atoms with Gasteiger partial charge in [0.15, 0.2) is 0 Å². The fraction of sp³-hybridized carbons (Fsp3) is 0.385. The highest BCUT2D eigenvalue weighted by Gasteiger charge is 2.21. The van der Waals surface area contributed by atoms with Crippen LogP contribution in [0.1, 0.15) is 30.6 Å². The maximum atomic E-state index is 12.4. The molecule has 0 heterocycles. The minimum absolute atomic E-state index is 0.0276. The molecule has 0 saturated carbocycles. The van der Waals surface area contributed by atoms with Crippen molar-refractivity contribution in [2.75, 3.05) is 6.54 Å². The van der Waals surface area contributed by atoms with Gasteiger partial charge in [-0.25, -0.2) is 0 Å². The summed E-state index contributed by atoms with van der Waals surface area (Å²) in [6, 6.07) is 4.36. The quantitative estimate of drug-likeness (QED) is 0.820. The minimum Gasteiger partial charge on any atom is -0.507 e. The van der Waals surface area contributed by atoms with E-state index < -0.39 is 0 Å². The van der Waals surface area contributed by atoms with Gasteiger partial charge in [0, 0.05) is 24.0 Å². The number of carbonyl (C=O) groups excluding carboxylic acids is 1. The Labute approximate surface area is 123 Å². The summed E-state index contributed by atoms with van der Waals surface area (Å²) >= 11 is 10.7. The first-order valence-electron chi connectivity index (χ1n) is 5.90. The molecule has 0 aromatic heterocycles. The van der Waals surface area contributed by atoms with Gasteiger partial charge in [-0.2, -0.15) is 0 Å². The van der Waals surface area contributed by atoms with Gasteiger partial charge in [-0.1, -0.05) is 23.8 Å². The Kier molecular flexibility index (Phi) is 5.57. The minimum atomic E-state index is -0.286. The lowest BCUT2D eigenvalue weighted by Crippen LogP contribution is -2.39. The van der Waals surface area contributed by atoms with E-state index in [0.29, 0.717) is 23.0 Å². The molecular formula is C13H17ClN2O2S. The van der Waals surface area contributed by atoms with E-state index in [4.69, 9.17) is 29.6 Å². The lowest BCUT2D eigenvalue weighted by atomic mass is 10.1. The monoisotopic (exact) mass is 300 g/mol. The van der Waals surface area contributed by atoms with Crippen LogP contribution in [0, 0.1) is 0 Å². The van der Waals surface area contributed by atoms with E-state index in [9.17, 15) is 9.90 Å². The van der Waals surface area contributed by atoms with E-state index >= 15 is 0 Å². The zero-order chi connectivity index (χ0) is 14.6. The van der Waals surface area contributed by atoms with E-state index in [1.165, 1.54) is 18.2 Å². The van der Waals surface area contributed by atoms with Crippen LogP contribution in [-0.2, 0) is 0 Å². The van der Waals surface area contributed by atoms with Crippen LogP contribution in [0.25, 0.3) is 0 Å². The lowest BCUT2D eigenvalue weighted by Gasteiger charge is -2.27. The second-order valence-corrected chi connectivity index (χ2v) is 5.43. The van der Waals surface area contributed by atoms with Crippen molar-refractivity contribution >= 4 is 34.7 Å². The van der Waals surface area contributed by atoms with Crippen molar-refractivity contribution in [2.24, 2.45) is 5.73 Å². The third-order valence-electron chi connectivity index (χ3n) is 2.67. The number of carbonyl (C=O) groups is 1. The van der Waals surface area contributed by atoms with Gasteiger partial charge in [0.1, 0.15) is 5.75 Å². The van der Waals surface area contributed by atoms with E-state index in [-0.39, 0.29) is 23.3 Å². The maximum absolute atomic E-state index is 12.4. The number of nitrogens with two attached hydrogens (primary N) is 1. The van der Waals surface area contributed by atoms with E-state index in [2.05, 4.69) is 0 Å². The number of halogens is 1. The average molecular weight is 301 g/mol. The van der Waals surface area contributed by atoms with Crippen molar-refractivity contribution in [1.82, 2.24) is 4.90 Å². The topological polar surface area (TPSA) is 66.6 Å². The van der Waals surface area contributed by atoms with Crippen molar-refractivity contribution < 1.29 is 9.90 Å². The van der Waals surface area contributed by atoms with Crippen molar-refractivity contribution in [3.05, 3.63) is 28.8 Å². The zero-order valence-corrected chi connectivity index (χ0v) is 12.5. The van der Waals surface area contributed by atoms with Crippen molar-refractivity contribution in [2.45, 2.75) is 26.3 Å². The summed E-state index contributed by atoms with van der Waals surface area (Å²) in [6.07, 6.45) is 0.445. The molecule has 0 bridgehead atoms. The number of benzene rings is 1. The predicted molar refractivity (Wildman–Crippen MR) is 80.7 cm³/mol. The molecule has 104 valence electrons. The van der Waals surface area contributed by atoms with Crippen LogP contribution in [0.4, 0.5) is 0 Å². The molecule has 0 fully saturated rings. The molecule has 1 aromatic carbocycles. The molecule has 0 unspecified atom stereocenters. The molecule has 0 atom stereocenters. The molecule has 1 aromatic rings. The van der Waals surface area contributed by atoms with Gasteiger partial charge in [0.25, 0.3) is 5.91 Å². The summed E-state index contributed by atoms with van der Waals surface area (Å²) in [5.41, 5.74) is 5.64. The molecule has 6 heteroatoms. The summed E-state index contributed by atoms with van der Waals surface area (Å²) < 4.78 is 0. The van der Waals surface area contributed by atoms with E-state index in [1.807, 2.05) is 13.8 Å². The van der Waals surface area contributed by atoms with Crippen LogP contribution >= 0.6 is 23.8 Å². The summed E-state index contributed by atoms with van der Waals surface area (Å²) in [7, 11) is 0. The number of thiocarbonyl (C=S) groups is 1. The summed E-state index contributed by atoms with van der Waals surface area (Å²) in [5.74, 6) is -0.373. The van der Waals surface area contributed by atoms with Gasteiger partial charge < -0.3 is 15.7 Å². The first-order valence-corrected chi connectivity index (χ1v) is 6.69. The third kappa shape index (κ3) is 4.36. The van der Waals surface area contributed by atoms with Crippen LogP contribution in [0.3, 0.4) is 0 Å². The van der Waals surface area contributed by atoms with Crippen molar-refractivity contribution in [1.29, 1.82) is 0 Å². The largest absolute Gasteiger partial charge is 0.507 e. The highest BCUT2D eigenvalue weighted by Crippen LogP contribution is 2.23. The number of hydrogen-bond acceptors (Lipinski definition) is 3.